The normalized spacial score (nSPS) is 23.1. The van der Waals surface area contributed by atoms with Gasteiger partial charge in [0, 0.05) is 37.7 Å². The molecule has 0 bridgehead atoms. The first-order valence-electron chi connectivity index (χ1n) is 9.68. The van der Waals surface area contributed by atoms with Crippen molar-refractivity contribution in [3.05, 3.63) is 36.2 Å². The van der Waals surface area contributed by atoms with Crippen molar-refractivity contribution in [1.29, 1.82) is 0 Å². The summed E-state index contributed by atoms with van der Waals surface area (Å²) in [6, 6.07) is 10.0. The van der Waals surface area contributed by atoms with Crippen LogP contribution >= 0.6 is 0 Å². The van der Waals surface area contributed by atoms with Gasteiger partial charge in [0.1, 0.15) is 0 Å². The van der Waals surface area contributed by atoms with Crippen molar-refractivity contribution in [1.82, 2.24) is 20.4 Å². The lowest BCUT2D eigenvalue weighted by Crippen LogP contribution is -2.43. The summed E-state index contributed by atoms with van der Waals surface area (Å²) in [5, 5.41) is 11.6. The molecule has 2 aromatic rings. The van der Waals surface area contributed by atoms with E-state index < -0.39 is 0 Å². The molecular formula is C20H26N4O3. The van der Waals surface area contributed by atoms with Gasteiger partial charge < -0.3 is 19.4 Å². The summed E-state index contributed by atoms with van der Waals surface area (Å²) in [5.41, 5.74) is 0.897. The van der Waals surface area contributed by atoms with E-state index in [1.165, 1.54) is 12.8 Å². The fourth-order valence-electron chi connectivity index (χ4n) is 4.12. The van der Waals surface area contributed by atoms with Gasteiger partial charge in [-0.05, 0) is 25.0 Å². The fraction of sp³-hybridized carbons (Fsp3) is 0.550. The lowest BCUT2D eigenvalue weighted by atomic mass is 9.97. The Kier molecular flexibility index (Phi) is 5.38. The molecule has 2 atom stereocenters. The number of aromatic nitrogens is 2. The smallest absolute Gasteiger partial charge is 0.317 e. The number of hydrogen-bond acceptors (Lipinski definition) is 5. The highest BCUT2D eigenvalue weighted by Gasteiger charge is 2.40. The van der Waals surface area contributed by atoms with E-state index in [2.05, 4.69) is 15.5 Å². The molecule has 0 unspecified atom stereocenters. The number of ether oxygens (including phenoxy) is 1. The maximum absolute atomic E-state index is 12.7. The fourth-order valence-corrected chi connectivity index (χ4v) is 4.12. The van der Waals surface area contributed by atoms with E-state index in [0.29, 0.717) is 37.5 Å². The number of methoxy groups -OCH3 is 1. The van der Waals surface area contributed by atoms with Crippen LogP contribution in [0.15, 0.2) is 34.7 Å². The molecule has 1 saturated heterocycles. The van der Waals surface area contributed by atoms with Gasteiger partial charge in [-0.25, -0.2) is 4.79 Å². The second-order valence-electron chi connectivity index (χ2n) is 7.47. The average molecular weight is 370 g/mol. The van der Waals surface area contributed by atoms with Crippen LogP contribution in [0.2, 0.25) is 0 Å². The van der Waals surface area contributed by atoms with Crippen molar-refractivity contribution < 1.29 is 13.9 Å². The standard InChI is InChI=1S/C20H26N4O3/c1-26-13-15-11-24(20(25)21-16-9-5-6-10-16)12-17(15)19-23-22-18(27-19)14-7-3-2-4-8-14/h2-4,7-8,15-17H,5-6,9-13H2,1H3,(H,21,25)/t15-,17+/m0/s1. The molecule has 27 heavy (non-hydrogen) atoms. The van der Waals surface area contributed by atoms with Crippen molar-refractivity contribution in [3.8, 4) is 11.5 Å². The van der Waals surface area contributed by atoms with E-state index in [0.717, 1.165) is 18.4 Å². The Balaban J connectivity index is 1.47. The molecule has 0 spiro atoms. The Morgan fingerprint density at radius 2 is 2.00 bits per heavy atom. The molecule has 1 saturated carbocycles. The Labute approximate surface area is 159 Å². The molecule has 7 nitrogen and oxygen atoms in total. The van der Waals surface area contributed by atoms with Crippen molar-refractivity contribution in [2.45, 2.75) is 37.6 Å². The van der Waals surface area contributed by atoms with Gasteiger partial charge in [0.15, 0.2) is 0 Å². The second-order valence-corrected chi connectivity index (χ2v) is 7.47. The van der Waals surface area contributed by atoms with Gasteiger partial charge in [-0.2, -0.15) is 0 Å². The predicted molar refractivity (Wildman–Crippen MR) is 100 cm³/mol. The molecule has 1 aromatic carbocycles. The highest BCUT2D eigenvalue weighted by molar-refractivity contribution is 5.75. The van der Waals surface area contributed by atoms with Gasteiger partial charge in [-0.1, -0.05) is 31.0 Å². The van der Waals surface area contributed by atoms with Crippen LogP contribution in [0.25, 0.3) is 11.5 Å². The van der Waals surface area contributed by atoms with E-state index in [4.69, 9.17) is 9.15 Å². The number of rotatable bonds is 5. The van der Waals surface area contributed by atoms with Crippen molar-refractivity contribution in [3.63, 3.8) is 0 Å². The minimum atomic E-state index is -0.00996. The van der Waals surface area contributed by atoms with Crippen LogP contribution in [-0.4, -0.2) is 54.0 Å². The minimum absolute atomic E-state index is 0.00769. The number of benzene rings is 1. The molecule has 4 rings (SSSR count). The number of amides is 2. The van der Waals surface area contributed by atoms with Crippen LogP contribution in [0.4, 0.5) is 4.79 Å². The predicted octanol–water partition coefficient (Wildman–Crippen LogP) is 3.05. The van der Waals surface area contributed by atoms with Crippen LogP contribution in [0, 0.1) is 5.92 Å². The number of hydrogen-bond donors (Lipinski definition) is 1. The Bertz CT molecular complexity index is 758. The maximum atomic E-state index is 12.7. The van der Waals surface area contributed by atoms with Crippen molar-refractivity contribution in [2.24, 2.45) is 5.92 Å². The average Bonchev–Trinajstić information content (AvgIpc) is 3.43. The quantitative estimate of drug-likeness (QED) is 0.875. The van der Waals surface area contributed by atoms with Gasteiger partial charge in [-0.15, -0.1) is 10.2 Å². The summed E-state index contributed by atoms with van der Waals surface area (Å²) in [6.07, 6.45) is 4.55. The third kappa shape index (κ3) is 3.98. The number of likely N-dealkylation sites (tertiary alicyclic amines) is 1. The van der Waals surface area contributed by atoms with Crippen LogP contribution < -0.4 is 5.32 Å². The third-order valence-electron chi connectivity index (χ3n) is 5.57. The molecule has 7 heteroatoms. The summed E-state index contributed by atoms with van der Waals surface area (Å²) in [5.74, 6) is 1.22. The molecule has 1 N–H and O–H groups in total. The molecule has 2 fully saturated rings. The molecule has 1 aromatic heterocycles. The second kappa shape index (κ2) is 8.08. The zero-order chi connectivity index (χ0) is 18.6. The number of nitrogens with one attached hydrogen (secondary N) is 1. The maximum Gasteiger partial charge on any atom is 0.317 e. The summed E-state index contributed by atoms with van der Waals surface area (Å²) in [4.78, 5) is 14.5. The van der Waals surface area contributed by atoms with E-state index in [9.17, 15) is 4.79 Å². The zero-order valence-corrected chi connectivity index (χ0v) is 15.6. The summed E-state index contributed by atoms with van der Waals surface area (Å²) in [6.45, 7) is 1.77. The number of urea groups is 1. The molecule has 2 heterocycles. The largest absolute Gasteiger partial charge is 0.420 e. The Hall–Kier alpha value is -2.41. The monoisotopic (exact) mass is 370 g/mol. The first-order valence-corrected chi connectivity index (χ1v) is 9.68. The van der Waals surface area contributed by atoms with E-state index in [-0.39, 0.29) is 17.9 Å². The van der Waals surface area contributed by atoms with Crippen LogP contribution in [0.3, 0.4) is 0 Å². The number of nitrogens with zero attached hydrogens (tertiary/aromatic N) is 3. The van der Waals surface area contributed by atoms with Gasteiger partial charge >= 0.3 is 6.03 Å². The first-order chi connectivity index (χ1) is 13.2. The lowest BCUT2D eigenvalue weighted by molar-refractivity contribution is 0.144. The third-order valence-corrected chi connectivity index (χ3v) is 5.57. The SMILES string of the molecule is COC[C@@H]1CN(C(=O)NC2CCCC2)C[C@H]1c1nnc(-c2ccccc2)o1. The van der Waals surface area contributed by atoms with E-state index >= 15 is 0 Å². The van der Waals surface area contributed by atoms with Crippen molar-refractivity contribution in [2.75, 3.05) is 26.8 Å². The molecule has 2 amide bonds. The molecule has 2 aliphatic rings. The molecule has 1 aliphatic heterocycles. The van der Waals surface area contributed by atoms with Gasteiger partial charge in [0.2, 0.25) is 11.8 Å². The van der Waals surface area contributed by atoms with Crippen LogP contribution in [-0.2, 0) is 4.74 Å². The Morgan fingerprint density at radius 3 is 2.74 bits per heavy atom. The highest BCUT2D eigenvalue weighted by atomic mass is 16.5. The van der Waals surface area contributed by atoms with Crippen molar-refractivity contribution >= 4 is 6.03 Å². The van der Waals surface area contributed by atoms with Crippen LogP contribution in [0.5, 0.6) is 0 Å². The molecule has 0 radical (unpaired) electrons. The number of carbonyl (C=O) groups is 1. The molecule has 144 valence electrons. The first kappa shape index (κ1) is 18.0. The zero-order valence-electron chi connectivity index (χ0n) is 15.6. The number of carbonyl (C=O) groups excluding carboxylic acids is 1. The minimum Gasteiger partial charge on any atom is -0.420 e. The molecular weight excluding hydrogens is 344 g/mol. The van der Waals surface area contributed by atoms with Gasteiger partial charge in [0.25, 0.3) is 0 Å². The summed E-state index contributed by atoms with van der Waals surface area (Å²) in [7, 11) is 1.68. The van der Waals surface area contributed by atoms with Gasteiger partial charge in [0.05, 0.1) is 12.5 Å². The summed E-state index contributed by atoms with van der Waals surface area (Å²) >= 11 is 0. The lowest BCUT2D eigenvalue weighted by Gasteiger charge is -2.20. The topological polar surface area (TPSA) is 80.5 Å². The van der Waals surface area contributed by atoms with E-state index in [1.807, 2.05) is 35.2 Å². The molecule has 1 aliphatic carbocycles. The van der Waals surface area contributed by atoms with Gasteiger partial charge in [-0.3, -0.25) is 0 Å². The van der Waals surface area contributed by atoms with E-state index in [1.54, 1.807) is 7.11 Å². The Morgan fingerprint density at radius 1 is 1.22 bits per heavy atom. The van der Waals surface area contributed by atoms with Crippen LogP contribution in [0.1, 0.15) is 37.5 Å². The highest BCUT2D eigenvalue weighted by Crippen LogP contribution is 2.33. The summed E-state index contributed by atoms with van der Waals surface area (Å²) < 4.78 is 11.3.